The van der Waals surface area contributed by atoms with E-state index in [0.29, 0.717) is 13.2 Å². The Labute approximate surface area is 120 Å². The average molecular weight is 284 g/mol. The Kier molecular flexibility index (Phi) is 6.32. The van der Waals surface area contributed by atoms with Crippen molar-refractivity contribution < 1.29 is 9.53 Å². The molecule has 0 saturated carbocycles. The maximum atomic E-state index is 12.2. The zero-order chi connectivity index (χ0) is 14.4. The van der Waals surface area contributed by atoms with Crippen LogP contribution in [0, 0.1) is 6.92 Å². The van der Waals surface area contributed by atoms with Gasteiger partial charge < -0.3 is 9.64 Å². The second kappa shape index (κ2) is 7.51. The van der Waals surface area contributed by atoms with E-state index >= 15 is 0 Å². The summed E-state index contributed by atoms with van der Waals surface area (Å²) in [6, 6.07) is 7.79. The van der Waals surface area contributed by atoms with Gasteiger partial charge in [-0.05, 0) is 39.3 Å². The monoisotopic (exact) mass is 283 g/mol. The van der Waals surface area contributed by atoms with Crippen molar-refractivity contribution in [3.63, 3.8) is 0 Å². The van der Waals surface area contributed by atoms with Gasteiger partial charge in [-0.15, -0.1) is 11.6 Å². The predicted octanol–water partition coefficient (Wildman–Crippen LogP) is 3.38. The number of para-hydroxylation sites is 1. The first-order valence-corrected chi connectivity index (χ1v) is 6.99. The highest BCUT2D eigenvalue weighted by Gasteiger charge is 2.21. The van der Waals surface area contributed by atoms with Gasteiger partial charge in [-0.1, -0.05) is 18.2 Å². The summed E-state index contributed by atoms with van der Waals surface area (Å²) in [5, 5.41) is -0.543. The molecule has 106 valence electrons. The van der Waals surface area contributed by atoms with Gasteiger partial charge in [0.15, 0.2) is 0 Å². The van der Waals surface area contributed by atoms with Crippen molar-refractivity contribution in [1.29, 1.82) is 0 Å². The third kappa shape index (κ3) is 4.84. The van der Waals surface area contributed by atoms with Gasteiger partial charge in [0, 0.05) is 12.2 Å². The van der Waals surface area contributed by atoms with Gasteiger partial charge in [0.1, 0.15) is 5.38 Å². The molecule has 1 atom stereocenters. The zero-order valence-electron chi connectivity index (χ0n) is 12.0. The second-order valence-electron chi connectivity index (χ2n) is 4.81. The van der Waals surface area contributed by atoms with Crippen LogP contribution in [-0.2, 0) is 9.53 Å². The summed E-state index contributed by atoms with van der Waals surface area (Å²) in [6.45, 7) is 8.64. The summed E-state index contributed by atoms with van der Waals surface area (Å²) in [5.41, 5.74) is 1.95. The predicted molar refractivity (Wildman–Crippen MR) is 79.9 cm³/mol. The summed E-state index contributed by atoms with van der Waals surface area (Å²) in [4.78, 5) is 13.9. The maximum Gasteiger partial charge on any atom is 0.244 e. The van der Waals surface area contributed by atoms with E-state index in [4.69, 9.17) is 16.3 Å². The van der Waals surface area contributed by atoms with E-state index in [-0.39, 0.29) is 12.0 Å². The third-order valence-electron chi connectivity index (χ3n) is 2.78. The molecule has 1 rings (SSSR count). The lowest BCUT2D eigenvalue weighted by Gasteiger charge is -2.26. The molecule has 0 aliphatic carbocycles. The fraction of sp³-hybridized carbons (Fsp3) is 0.533. The molecule has 0 aliphatic rings. The molecule has 0 radical (unpaired) electrons. The van der Waals surface area contributed by atoms with Crippen LogP contribution >= 0.6 is 11.6 Å². The summed E-state index contributed by atoms with van der Waals surface area (Å²) in [7, 11) is 0. The number of amides is 1. The molecule has 0 heterocycles. The van der Waals surface area contributed by atoms with Gasteiger partial charge in [0.05, 0.1) is 12.7 Å². The van der Waals surface area contributed by atoms with Gasteiger partial charge in [-0.3, -0.25) is 4.79 Å². The van der Waals surface area contributed by atoms with E-state index in [1.807, 2.05) is 45.0 Å². The molecular formula is C15H22ClNO2. The van der Waals surface area contributed by atoms with Crippen LogP contribution in [0.25, 0.3) is 0 Å². The quantitative estimate of drug-likeness (QED) is 0.749. The fourth-order valence-electron chi connectivity index (χ4n) is 1.81. The molecule has 3 nitrogen and oxygen atoms in total. The number of ether oxygens (including phenoxy) is 1. The van der Waals surface area contributed by atoms with Gasteiger partial charge in [0.25, 0.3) is 0 Å². The highest BCUT2D eigenvalue weighted by Crippen LogP contribution is 2.21. The minimum atomic E-state index is -0.543. The summed E-state index contributed by atoms with van der Waals surface area (Å²) in [5.74, 6) is -0.0941. The number of aryl methyl sites for hydroxylation is 1. The van der Waals surface area contributed by atoms with E-state index in [2.05, 4.69) is 0 Å². The zero-order valence-corrected chi connectivity index (χ0v) is 12.8. The van der Waals surface area contributed by atoms with Crippen molar-refractivity contribution in [2.45, 2.75) is 39.2 Å². The molecule has 1 aromatic rings. The molecule has 1 aromatic carbocycles. The number of hydrogen-bond donors (Lipinski definition) is 0. The molecule has 4 heteroatoms. The molecule has 0 spiro atoms. The first-order chi connectivity index (χ1) is 8.93. The SMILES string of the molecule is Cc1ccccc1N(CCOC(C)C)C(=O)C(C)Cl. The number of nitrogens with zero attached hydrogens (tertiary/aromatic N) is 1. The van der Waals surface area contributed by atoms with Gasteiger partial charge in [-0.2, -0.15) is 0 Å². The molecule has 0 aromatic heterocycles. The number of anilines is 1. The standard InChI is InChI=1S/C15H22ClNO2/c1-11(2)19-10-9-17(15(18)13(4)16)14-8-6-5-7-12(14)3/h5-8,11,13H,9-10H2,1-4H3. The minimum absolute atomic E-state index is 0.0941. The number of halogens is 1. The highest BCUT2D eigenvalue weighted by atomic mass is 35.5. The summed E-state index contributed by atoms with van der Waals surface area (Å²) >= 11 is 5.93. The maximum absolute atomic E-state index is 12.2. The van der Waals surface area contributed by atoms with Crippen molar-refractivity contribution in [2.24, 2.45) is 0 Å². The number of hydrogen-bond acceptors (Lipinski definition) is 2. The molecule has 1 amide bonds. The Bertz CT molecular complexity index is 418. The molecule has 0 N–H and O–H groups in total. The molecule has 1 unspecified atom stereocenters. The van der Waals surface area contributed by atoms with Crippen molar-refractivity contribution in [1.82, 2.24) is 0 Å². The molecule has 0 aliphatic heterocycles. The first kappa shape index (κ1) is 16.0. The largest absolute Gasteiger partial charge is 0.377 e. The highest BCUT2D eigenvalue weighted by molar-refractivity contribution is 6.32. The lowest BCUT2D eigenvalue weighted by Crippen LogP contribution is -2.39. The Hall–Kier alpha value is -1.06. The van der Waals surface area contributed by atoms with E-state index < -0.39 is 5.38 Å². The van der Waals surface area contributed by atoms with Crippen molar-refractivity contribution in [3.8, 4) is 0 Å². The van der Waals surface area contributed by atoms with Gasteiger partial charge in [-0.25, -0.2) is 0 Å². The van der Waals surface area contributed by atoms with Crippen LogP contribution in [0.3, 0.4) is 0 Å². The van der Waals surface area contributed by atoms with Gasteiger partial charge in [0.2, 0.25) is 5.91 Å². The van der Waals surface area contributed by atoms with Crippen LogP contribution in [0.5, 0.6) is 0 Å². The first-order valence-electron chi connectivity index (χ1n) is 6.56. The van der Waals surface area contributed by atoms with Crippen LogP contribution < -0.4 is 4.90 Å². The van der Waals surface area contributed by atoms with E-state index in [1.54, 1.807) is 11.8 Å². The number of carbonyl (C=O) groups is 1. The second-order valence-corrected chi connectivity index (χ2v) is 5.47. The summed E-state index contributed by atoms with van der Waals surface area (Å²) < 4.78 is 5.53. The molecule has 0 fully saturated rings. The Morgan fingerprint density at radius 1 is 1.32 bits per heavy atom. The third-order valence-corrected chi connectivity index (χ3v) is 2.97. The smallest absolute Gasteiger partial charge is 0.244 e. The number of carbonyl (C=O) groups excluding carboxylic acids is 1. The van der Waals surface area contributed by atoms with Crippen LogP contribution in [-0.4, -0.2) is 30.5 Å². The molecule has 0 saturated heterocycles. The van der Waals surface area contributed by atoms with Crippen LogP contribution in [0.1, 0.15) is 26.3 Å². The topological polar surface area (TPSA) is 29.5 Å². The van der Waals surface area contributed by atoms with E-state index in [9.17, 15) is 4.79 Å². The normalized spacial score (nSPS) is 12.5. The Balaban J connectivity index is 2.87. The van der Waals surface area contributed by atoms with Gasteiger partial charge >= 0.3 is 0 Å². The fourth-order valence-corrected chi connectivity index (χ4v) is 1.93. The van der Waals surface area contributed by atoms with Crippen molar-refractivity contribution >= 4 is 23.2 Å². The lowest BCUT2D eigenvalue weighted by molar-refractivity contribution is -0.118. The lowest BCUT2D eigenvalue weighted by atomic mass is 10.1. The molecular weight excluding hydrogens is 262 g/mol. The van der Waals surface area contributed by atoms with E-state index in [1.165, 1.54) is 0 Å². The van der Waals surface area contributed by atoms with Crippen molar-refractivity contribution in [2.75, 3.05) is 18.1 Å². The van der Waals surface area contributed by atoms with Crippen molar-refractivity contribution in [3.05, 3.63) is 29.8 Å². The van der Waals surface area contributed by atoms with Crippen LogP contribution in [0.2, 0.25) is 0 Å². The number of rotatable bonds is 6. The average Bonchev–Trinajstić information content (AvgIpc) is 2.34. The van der Waals surface area contributed by atoms with Crippen LogP contribution in [0.4, 0.5) is 5.69 Å². The van der Waals surface area contributed by atoms with Crippen LogP contribution in [0.15, 0.2) is 24.3 Å². The van der Waals surface area contributed by atoms with E-state index in [0.717, 1.165) is 11.3 Å². The number of alkyl halides is 1. The number of benzene rings is 1. The molecule has 19 heavy (non-hydrogen) atoms. The molecule has 0 bridgehead atoms. The minimum Gasteiger partial charge on any atom is -0.377 e. The summed E-state index contributed by atoms with van der Waals surface area (Å²) in [6.07, 6.45) is 0.155. The Morgan fingerprint density at radius 3 is 2.47 bits per heavy atom. The Morgan fingerprint density at radius 2 is 1.95 bits per heavy atom.